The van der Waals surface area contributed by atoms with Gasteiger partial charge in [0.2, 0.25) is 0 Å². The molecular weight excluding hydrogens is 438 g/mol. The summed E-state index contributed by atoms with van der Waals surface area (Å²) in [7, 11) is 0. The Labute approximate surface area is 199 Å². The van der Waals surface area contributed by atoms with Crippen LogP contribution in [0.4, 0.5) is 0 Å². The largest absolute Gasteiger partial charge is 0.493 e. The fourth-order valence-electron chi connectivity index (χ4n) is 5.42. The second kappa shape index (κ2) is 9.72. The first-order chi connectivity index (χ1) is 16.0. The van der Waals surface area contributed by atoms with Gasteiger partial charge in [0.25, 0.3) is 0 Å². The Morgan fingerprint density at radius 1 is 1.27 bits per heavy atom. The summed E-state index contributed by atoms with van der Waals surface area (Å²) in [5.74, 6) is 0.947. The van der Waals surface area contributed by atoms with Gasteiger partial charge in [0, 0.05) is 17.7 Å². The molecule has 0 bridgehead atoms. The van der Waals surface area contributed by atoms with Crippen LogP contribution < -0.4 is 4.74 Å². The fraction of sp³-hybridized carbons (Fsp3) is 0.615. The molecule has 1 saturated heterocycles. The Bertz CT molecular complexity index is 989. The van der Waals surface area contributed by atoms with Crippen LogP contribution in [0.3, 0.4) is 0 Å². The third-order valence-corrected chi connectivity index (χ3v) is 8.27. The van der Waals surface area contributed by atoms with E-state index in [0.717, 1.165) is 35.7 Å². The quantitative estimate of drug-likeness (QED) is 0.594. The van der Waals surface area contributed by atoms with E-state index in [1.165, 1.54) is 24.0 Å². The van der Waals surface area contributed by atoms with Gasteiger partial charge in [-0.2, -0.15) is 0 Å². The summed E-state index contributed by atoms with van der Waals surface area (Å²) < 4.78 is 17.8. The van der Waals surface area contributed by atoms with Gasteiger partial charge in [0.15, 0.2) is 0 Å². The van der Waals surface area contributed by atoms with Crippen molar-refractivity contribution in [1.82, 2.24) is 4.98 Å². The van der Waals surface area contributed by atoms with Gasteiger partial charge >= 0.3 is 5.97 Å². The van der Waals surface area contributed by atoms with Crippen molar-refractivity contribution in [2.75, 3.05) is 6.61 Å². The van der Waals surface area contributed by atoms with Gasteiger partial charge < -0.3 is 19.3 Å². The lowest BCUT2D eigenvalue weighted by atomic mass is 9.87. The van der Waals surface area contributed by atoms with Gasteiger partial charge in [0.1, 0.15) is 23.5 Å². The van der Waals surface area contributed by atoms with Crippen LogP contribution in [0.2, 0.25) is 0 Å². The molecule has 3 aliphatic rings. The van der Waals surface area contributed by atoms with E-state index in [4.69, 9.17) is 14.2 Å². The van der Waals surface area contributed by atoms with Gasteiger partial charge in [-0.25, -0.2) is 4.98 Å². The van der Waals surface area contributed by atoms with Crippen molar-refractivity contribution in [3.63, 3.8) is 0 Å². The number of carbonyl (C=O) groups excluding carboxylic acids is 1. The van der Waals surface area contributed by atoms with E-state index in [9.17, 15) is 9.90 Å². The van der Waals surface area contributed by atoms with Gasteiger partial charge in [-0.15, -0.1) is 11.3 Å². The summed E-state index contributed by atoms with van der Waals surface area (Å²) in [6.07, 6.45) is 5.60. The van der Waals surface area contributed by atoms with E-state index < -0.39 is 6.10 Å². The Balaban J connectivity index is 1.15. The molecule has 33 heavy (non-hydrogen) atoms. The number of thiazole rings is 1. The molecule has 6 nitrogen and oxygen atoms in total. The predicted octanol–water partition coefficient (Wildman–Crippen LogP) is 4.63. The Hall–Kier alpha value is -1.96. The summed E-state index contributed by atoms with van der Waals surface area (Å²) in [5, 5.41) is 13.6. The van der Waals surface area contributed by atoms with E-state index in [-0.39, 0.29) is 36.6 Å². The van der Waals surface area contributed by atoms with Crippen molar-refractivity contribution in [2.45, 2.75) is 77.3 Å². The number of ether oxygens (including phenoxy) is 3. The van der Waals surface area contributed by atoms with E-state index in [0.29, 0.717) is 18.9 Å². The number of fused-ring (bicyclic) bond motifs is 2. The summed E-state index contributed by atoms with van der Waals surface area (Å²) >= 11 is 1.55. The minimum Gasteiger partial charge on any atom is -0.493 e. The first-order valence-corrected chi connectivity index (χ1v) is 13.0. The highest BCUT2D eigenvalue weighted by molar-refractivity contribution is 7.09. The third-order valence-electron chi connectivity index (χ3n) is 7.29. The number of hydrogen-bond donors (Lipinski definition) is 1. The number of aromatic nitrogens is 1. The zero-order valence-electron chi connectivity index (χ0n) is 19.4. The summed E-state index contributed by atoms with van der Waals surface area (Å²) in [6.45, 7) is 4.37. The van der Waals surface area contributed by atoms with Gasteiger partial charge in [-0.1, -0.05) is 19.9 Å². The molecule has 2 aliphatic carbocycles. The normalized spacial score (nSPS) is 28.5. The molecule has 1 aromatic heterocycles. The molecule has 0 amide bonds. The molecule has 2 aromatic rings. The summed E-state index contributed by atoms with van der Waals surface area (Å²) in [4.78, 5) is 16.4. The number of aryl methyl sites for hydroxylation is 2. The number of rotatable bonds is 7. The van der Waals surface area contributed by atoms with E-state index in [2.05, 4.69) is 23.2 Å². The number of esters is 1. The Morgan fingerprint density at radius 3 is 2.97 bits per heavy atom. The zero-order chi connectivity index (χ0) is 22.9. The molecule has 2 heterocycles. The standard InChI is InChI=1S/C26H33NO5S/c1-15(2)26(29)31-12-18-14-33-25(27-18)23-9-8-20-21(22(28)11-24(20)32-23)13-30-19-7-6-16-4-3-5-17(16)10-19/h6-7,10,14-15,20-24,28H,3-5,8-9,11-13H2,1-2H3/t20-,21-,22-,23-,24+/m1/s1. The minimum absolute atomic E-state index is 0.0264. The molecule has 5 rings (SSSR count). The number of hydrogen-bond acceptors (Lipinski definition) is 7. The topological polar surface area (TPSA) is 77.9 Å². The molecule has 0 radical (unpaired) electrons. The second-order valence-corrected chi connectivity index (χ2v) is 10.8. The maximum absolute atomic E-state index is 11.7. The monoisotopic (exact) mass is 471 g/mol. The van der Waals surface area contributed by atoms with Crippen LogP contribution in [0.25, 0.3) is 0 Å². The molecule has 5 atom stereocenters. The highest BCUT2D eigenvalue weighted by Crippen LogP contribution is 2.46. The molecule has 1 aromatic carbocycles. The van der Waals surface area contributed by atoms with E-state index in [1.807, 2.05) is 19.2 Å². The lowest BCUT2D eigenvalue weighted by Crippen LogP contribution is -2.33. The number of benzene rings is 1. The molecule has 7 heteroatoms. The van der Waals surface area contributed by atoms with Crippen LogP contribution >= 0.6 is 11.3 Å². The first-order valence-electron chi connectivity index (χ1n) is 12.2. The summed E-state index contributed by atoms with van der Waals surface area (Å²) in [5.41, 5.74) is 3.61. The predicted molar refractivity (Wildman–Crippen MR) is 125 cm³/mol. The average Bonchev–Trinajstić information content (AvgIpc) is 3.53. The third kappa shape index (κ3) is 4.96. The molecular formula is C26H33NO5S. The molecule has 178 valence electrons. The second-order valence-electron chi connectivity index (χ2n) is 9.91. The van der Waals surface area contributed by atoms with Crippen LogP contribution in [-0.4, -0.2) is 34.9 Å². The molecule has 1 N–H and O–H groups in total. The number of aliphatic hydroxyl groups excluding tert-OH is 1. The smallest absolute Gasteiger partial charge is 0.308 e. The summed E-state index contributed by atoms with van der Waals surface area (Å²) in [6, 6.07) is 6.42. The lowest BCUT2D eigenvalue weighted by molar-refractivity contribution is -0.148. The molecule has 2 fully saturated rings. The van der Waals surface area contributed by atoms with Gasteiger partial charge in [0.05, 0.1) is 30.4 Å². The number of carbonyl (C=O) groups is 1. The van der Waals surface area contributed by atoms with Crippen molar-refractivity contribution in [2.24, 2.45) is 17.8 Å². The van der Waals surface area contributed by atoms with Crippen LogP contribution in [0, 0.1) is 17.8 Å². The SMILES string of the molecule is CC(C)C(=O)OCc1csc([C@H]2CC[C@@H]3[C@@H](COc4ccc5c(c4)CCC5)[C@H](O)C[C@@H]3O2)n1. The van der Waals surface area contributed by atoms with Crippen molar-refractivity contribution < 1.29 is 24.1 Å². The highest BCUT2D eigenvalue weighted by atomic mass is 32.1. The Kier molecular flexibility index (Phi) is 6.72. The van der Waals surface area contributed by atoms with E-state index in [1.54, 1.807) is 11.3 Å². The lowest BCUT2D eigenvalue weighted by Gasteiger charge is -2.33. The maximum atomic E-state index is 11.7. The van der Waals surface area contributed by atoms with Crippen LogP contribution in [0.15, 0.2) is 23.6 Å². The van der Waals surface area contributed by atoms with Crippen molar-refractivity contribution in [3.05, 3.63) is 45.4 Å². The van der Waals surface area contributed by atoms with Crippen molar-refractivity contribution in [1.29, 1.82) is 0 Å². The number of aliphatic hydroxyl groups is 1. The fourth-order valence-corrected chi connectivity index (χ4v) is 6.30. The Morgan fingerprint density at radius 2 is 2.12 bits per heavy atom. The van der Waals surface area contributed by atoms with E-state index >= 15 is 0 Å². The molecule has 1 saturated carbocycles. The van der Waals surface area contributed by atoms with Crippen LogP contribution in [-0.2, 0) is 33.7 Å². The highest BCUT2D eigenvalue weighted by Gasteiger charge is 2.47. The average molecular weight is 472 g/mol. The van der Waals surface area contributed by atoms with Gasteiger partial charge in [-0.05, 0) is 61.3 Å². The van der Waals surface area contributed by atoms with Gasteiger partial charge in [-0.3, -0.25) is 4.79 Å². The molecule has 0 spiro atoms. The maximum Gasteiger partial charge on any atom is 0.308 e. The van der Waals surface area contributed by atoms with Crippen LogP contribution in [0.1, 0.15) is 67.5 Å². The molecule has 0 unspecified atom stereocenters. The number of nitrogens with zero attached hydrogens (tertiary/aromatic N) is 1. The van der Waals surface area contributed by atoms with Crippen molar-refractivity contribution in [3.8, 4) is 5.75 Å². The first kappa shape index (κ1) is 22.8. The zero-order valence-corrected chi connectivity index (χ0v) is 20.2. The van der Waals surface area contributed by atoms with Crippen molar-refractivity contribution >= 4 is 17.3 Å². The van der Waals surface area contributed by atoms with Crippen LogP contribution in [0.5, 0.6) is 5.75 Å². The molecule has 1 aliphatic heterocycles. The minimum atomic E-state index is -0.407.